The number of benzene rings is 1. The third-order valence-electron chi connectivity index (χ3n) is 7.11. The highest BCUT2D eigenvalue weighted by Crippen LogP contribution is 2.48. The second-order valence-corrected chi connectivity index (χ2v) is 10.8. The van der Waals surface area contributed by atoms with Crippen LogP contribution in [0.2, 0.25) is 5.02 Å². The Bertz CT molecular complexity index is 1330. The van der Waals surface area contributed by atoms with E-state index in [1.807, 2.05) is 0 Å². The van der Waals surface area contributed by atoms with Crippen molar-refractivity contribution in [2.75, 3.05) is 47.9 Å². The molecule has 0 radical (unpaired) electrons. The van der Waals surface area contributed by atoms with Gasteiger partial charge in [-0.25, -0.2) is 4.39 Å². The molecule has 204 valence electrons. The Labute approximate surface area is 225 Å². The molecule has 1 aliphatic heterocycles. The number of fused-ring (bicyclic) bond motifs is 2. The van der Waals surface area contributed by atoms with E-state index in [2.05, 4.69) is 0 Å². The molecule has 2 aliphatic rings. The van der Waals surface area contributed by atoms with Crippen molar-refractivity contribution in [1.82, 2.24) is 14.4 Å². The van der Waals surface area contributed by atoms with Crippen molar-refractivity contribution in [1.29, 1.82) is 0 Å². The van der Waals surface area contributed by atoms with E-state index in [1.165, 1.54) is 23.2 Å². The van der Waals surface area contributed by atoms with Crippen LogP contribution in [0.3, 0.4) is 0 Å². The monoisotopic (exact) mass is 547 g/mol. The molecule has 0 bridgehead atoms. The van der Waals surface area contributed by atoms with Crippen LogP contribution in [0.25, 0.3) is 0 Å². The van der Waals surface area contributed by atoms with E-state index < -0.39 is 40.2 Å². The highest BCUT2D eigenvalue weighted by molar-refractivity contribution is 6.30. The molecule has 1 aromatic heterocycles. The van der Waals surface area contributed by atoms with Gasteiger partial charge in [-0.05, 0) is 50.9 Å². The number of nitrogens with zero attached hydrogens (tertiary/aromatic N) is 3. The van der Waals surface area contributed by atoms with Gasteiger partial charge in [-0.15, -0.1) is 0 Å². The average Bonchev–Trinajstić information content (AvgIpc) is 2.82. The lowest BCUT2D eigenvalue weighted by molar-refractivity contribution is -0.135. The number of pyridine rings is 1. The molecule has 1 fully saturated rings. The van der Waals surface area contributed by atoms with Gasteiger partial charge in [-0.3, -0.25) is 24.1 Å². The summed E-state index contributed by atoms with van der Waals surface area (Å²) in [7, 11) is 6.58. The van der Waals surface area contributed by atoms with Crippen molar-refractivity contribution in [2.45, 2.75) is 31.2 Å². The minimum atomic E-state index is -0.841. The molecule has 1 aliphatic carbocycles. The molecule has 11 heteroatoms. The standard InChI is InChI=1S/C27H31ClFN3O6/c1-30(2)13-21(34)38-25-23-26(36)31(3)15-27(10-16(11-27)14-37-4)32(23)12-18(24(25)35)20(33)9-8-17-6-5-7-19(28)22(17)29/h5-7,12,16H,8-11,13-15H2,1-4H3. The molecule has 0 unspecified atom stereocenters. The maximum atomic E-state index is 14.4. The molecule has 38 heavy (non-hydrogen) atoms. The van der Waals surface area contributed by atoms with Crippen LogP contribution in [0.1, 0.15) is 45.7 Å². The number of esters is 1. The molecule has 2 heterocycles. The molecule has 1 saturated carbocycles. The number of carbonyl (C=O) groups excluding carboxylic acids is 3. The fourth-order valence-electron chi connectivity index (χ4n) is 5.45. The Hall–Kier alpha value is -3.08. The van der Waals surface area contributed by atoms with Crippen LogP contribution in [-0.2, 0) is 21.5 Å². The highest BCUT2D eigenvalue weighted by atomic mass is 35.5. The first-order valence-corrected chi connectivity index (χ1v) is 12.7. The number of likely N-dealkylation sites (N-methyl/N-ethyl adjacent to an activating group) is 2. The number of carbonyl (C=O) groups is 3. The van der Waals surface area contributed by atoms with Crippen molar-refractivity contribution in [3.8, 4) is 5.75 Å². The number of amides is 1. The van der Waals surface area contributed by atoms with Gasteiger partial charge < -0.3 is 18.9 Å². The van der Waals surface area contributed by atoms with Gasteiger partial charge in [0.15, 0.2) is 11.5 Å². The third kappa shape index (κ3) is 5.25. The number of methoxy groups -OCH3 is 1. The summed E-state index contributed by atoms with van der Waals surface area (Å²) in [6.07, 6.45) is 2.56. The minimum Gasteiger partial charge on any atom is -0.419 e. The molecule has 2 aromatic rings. The Kier molecular flexibility index (Phi) is 8.06. The molecule has 1 amide bonds. The summed E-state index contributed by atoms with van der Waals surface area (Å²) < 4.78 is 26.8. The van der Waals surface area contributed by atoms with Gasteiger partial charge in [0.2, 0.25) is 11.2 Å². The van der Waals surface area contributed by atoms with E-state index in [9.17, 15) is 23.6 Å². The summed E-state index contributed by atoms with van der Waals surface area (Å²) in [6, 6.07) is 4.52. The number of Topliss-reactive ketones (excluding diaryl/α,β-unsaturated/α-hetero) is 1. The molecule has 1 spiro atoms. The summed E-state index contributed by atoms with van der Waals surface area (Å²) >= 11 is 5.86. The summed E-state index contributed by atoms with van der Waals surface area (Å²) in [5.74, 6) is -2.60. The Balaban J connectivity index is 1.78. The summed E-state index contributed by atoms with van der Waals surface area (Å²) in [4.78, 5) is 55.9. The zero-order chi connectivity index (χ0) is 27.8. The quantitative estimate of drug-likeness (QED) is 0.352. The van der Waals surface area contributed by atoms with Crippen LogP contribution in [0.4, 0.5) is 4.39 Å². The number of halogens is 2. The second-order valence-electron chi connectivity index (χ2n) is 10.4. The Morgan fingerprint density at radius 1 is 1.24 bits per heavy atom. The average molecular weight is 548 g/mol. The normalized spacial score (nSPS) is 20.4. The van der Waals surface area contributed by atoms with Crippen molar-refractivity contribution in [3.05, 3.63) is 62.3 Å². The van der Waals surface area contributed by atoms with Crippen LogP contribution in [-0.4, -0.2) is 80.0 Å². The summed E-state index contributed by atoms with van der Waals surface area (Å²) in [6.45, 7) is 0.779. The number of rotatable bonds is 9. The van der Waals surface area contributed by atoms with Crippen LogP contribution in [0.5, 0.6) is 5.75 Å². The third-order valence-corrected chi connectivity index (χ3v) is 7.40. The molecule has 0 N–H and O–H groups in total. The van der Waals surface area contributed by atoms with Gasteiger partial charge in [0.25, 0.3) is 5.91 Å². The van der Waals surface area contributed by atoms with Crippen molar-refractivity contribution < 1.29 is 28.2 Å². The van der Waals surface area contributed by atoms with E-state index in [0.717, 1.165) is 0 Å². The van der Waals surface area contributed by atoms with Gasteiger partial charge in [0, 0.05) is 39.9 Å². The smallest absolute Gasteiger partial charge is 0.325 e. The first-order valence-electron chi connectivity index (χ1n) is 12.3. The van der Waals surface area contributed by atoms with Crippen LogP contribution in [0.15, 0.2) is 29.2 Å². The maximum absolute atomic E-state index is 14.4. The first kappa shape index (κ1) is 27.9. The number of aryl methyl sites for hydroxylation is 1. The highest BCUT2D eigenvalue weighted by Gasteiger charge is 2.52. The molecule has 0 saturated heterocycles. The van der Waals surface area contributed by atoms with E-state index in [0.29, 0.717) is 26.0 Å². The van der Waals surface area contributed by atoms with Crippen LogP contribution in [0, 0.1) is 11.7 Å². The lowest BCUT2D eigenvalue weighted by Gasteiger charge is -2.54. The van der Waals surface area contributed by atoms with Crippen LogP contribution >= 0.6 is 11.6 Å². The molecule has 4 rings (SSSR count). The van der Waals surface area contributed by atoms with Crippen LogP contribution < -0.4 is 10.2 Å². The SMILES string of the molecule is COCC1CC2(C1)CN(C)C(=O)c1c(OC(=O)CN(C)C)c(=O)c(C(=O)CCc3cccc(Cl)c3F)cn12. The summed E-state index contributed by atoms with van der Waals surface area (Å²) in [5, 5.41) is -0.0564. The first-order chi connectivity index (χ1) is 18.0. The van der Waals surface area contributed by atoms with Crippen molar-refractivity contribution in [2.24, 2.45) is 5.92 Å². The van der Waals surface area contributed by atoms with Gasteiger partial charge in [0.05, 0.1) is 22.7 Å². The van der Waals surface area contributed by atoms with Gasteiger partial charge in [0.1, 0.15) is 5.82 Å². The fourth-order valence-corrected chi connectivity index (χ4v) is 5.65. The van der Waals surface area contributed by atoms with E-state index in [4.69, 9.17) is 21.1 Å². The summed E-state index contributed by atoms with van der Waals surface area (Å²) in [5.41, 5.74) is -1.44. The van der Waals surface area contributed by atoms with Gasteiger partial charge >= 0.3 is 5.97 Å². The fraction of sp³-hybridized carbons (Fsp3) is 0.481. The van der Waals surface area contributed by atoms with E-state index in [-0.39, 0.29) is 47.1 Å². The predicted molar refractivity (Wildman–Crippen MR) is 138 cm³/mol. The van der Waals surface area contributed by atoms with Crippen molar-refractivity contribution in [3.63, 3.8) is 0 Å². The molecule has 9 nitrogen and oxygen atoms in total. The number of hydrogen-bond donors (Lipinski definition) is 0. The van der Waals surface area contributed by atoms with E-state index >= 15 is 0 Å². The largest absolute Gasteiger partial charge is 0.419 e. The number of ether oxygens (including phenoxy) is 2. The topological polar surface area (TPSA) is 98.2 Å². The molecule has 1 aromatic carbocycles. The number of ketones is 1. The molecular formula is C27H31ClFN3O6. The van der Waals surface area contributed by atoms with Crippen molar-refractivity contribution >= 4 is 29.3 Å². The minimum absolute atomic E-state index is 0.0187. The molecule has 0 atom stereocenters. The zero-order valence-electron chi connectivity index (χ0n) is 21.9. The Morgan fingerprint density at radius 2 is 1.95 bits per heavy atom. The molecular weight excluding hydrogens is 517 g/mol. The lowest BCUT2D eigenvalue weighted by Crippen LogP contribution is -2.60. The second kappa shape index (κ2) is 11.0. The van der Waals surface area contributed by atoms with Gasteiger partial charge in [-0.2, -0.15) is 0 Å². The maximum Gasteiger partial charge on any atom is 0.325 e. The Morgan fingerprint density at radius 3 is 2.61 bits per heavy atom. The number of hydrogen-bond acceptors (Lipinski definition) is 7. The van der Waals surface area contributed by atoms with Gasteiger partial charge in [-0.1, -0.05) is 23.7 Å². The number of aromatic nitrogens is 1. The predicted octanol–water partition coefficient (Wildman–Crippen LogP) is 2.76. The van der Waals surface area contributed by atoms with E-state index in [1.54, 1.807) is 43.8 Å². The zero-order valence-corrected chi connectivity index (χ0v) is 22.6. The lowest BCUT2D eigenvalue weighted by atomic mass is 9.67.